The molecule has 118 valence electrons. The lowest BCUT2D eigenvalue weighted by Crippen LogP contribution is -2.49. The van der Waals surface area contributed by atoms with Crippen LogP contribution in [-0.4, -0.2) is 49.0 Å². The summed E-state index contributed by atoms with van der Waals surface area (Å²) in [4.78, 5) is 16.8. The van der Waals surface area contributed by atoms with Crippen LogP contribution in [0.25, 0.3) is 0 Å². The first-order chi connectivity index (χ1) is 10.8. The van der Waals surface area contributed by atoms with Crippen molar-refractivity contribution >= 4 is 5.91 Å². The first kappa shape index (κ1) is 15.1. The quantitative estimate of drug-likeness (QED) is 0.800. The summed E-state index contributed by atoms with van der Waals surface area (Å²) in [5, 5.41) is 0. The van der Waals surface area contributed by atoms with E-state index >= 15 is 0 Å². The van der Waals surface area contributed by atoms with Gasteiger partial charge in [0.2, 0.25) is 5.91 Å². The molecule has 1 fully saturated rings. The normalized spacial score (nSPS) is 19.6. The average Bonchev–Trinajstić information content (AvgIpc) is 3.09. The summed E-state index contributed by atoms with van der Waals surface area (Å²) in [6, 6.07) is 8.21. The fraction of sp³-hybridized carbons (Fsp3) is 0.500. The molecule has 2 aliphatic rings. The molecule has 0 spiro atoms. The minimum absolute atomic E-state index is 0.199. The molecule has 22 heavy (non-hydrogen) atoms. The smallest absolute Gasteiger partial charge is 0.226 e. The highest BCUT2D eigenvalue weighted by Gasteiger charge is 2.27. The van der Waals surface area contributed by atoms with E-state index in [1.54, 1.807) is 7.11 Å². The molecule has 0 saturated carbocycles. The predicted molar refractivity (Wildman–Crippen MR) is 86.7 cm³/mol. The van der Waals surface area contributed by atoms with Crippen LogP contribution in [0.15, 0.2) is 36.4 Å². The number of allylic oxidation sites excluding steroid dienone is 2. The molecule has 0 unspecified atom stereocenters. The maximum atomic E-state index is 12.4. The number of carbonyl (C=O) groups is 1. The summed E-state index contributed by atoms with van der Waals surface area (Å²) in [5.41, 5.74) is 1.26. The number of methoxy groups -OCH3 is 1. The molecule has 4 heteroatoms. The topological polar surface area (TPSA) is 32.8 Å². The summed E-state index contributed by atoms with van der Waals surface area (Å²) in [5.74, 6) is 1.44. The third-order valence-electron chi connectivity index (χ3n) is 4.58. The van der Waals surface area contributed by atoms with Gasteiger partial charge in [-0.25, -0.2) is 0 Å². The highest BCUT2D eigenvalue weighted by atomic mass is 16.5. The Balaban J connectivity index is 1.50. The molecule has 0 bridgehead atoms. The van der Waals surface area contributed by atoms with Gasteiger partial charge < -0.3 is 9.64 Å². The minimum atomic E-state index is 0.199. The molecule has 0 radical (unpaired) electrons. The van der Waals surface area contributed by atoms with Gasteiger partial charge in [0.15, 0.2) is 0 Å². The van der Waals surface area contributed by atoms with Crippen LogP contribution in [-0.2, 0) is 11.3 Å². The van der Waals surface area contributed by atoms with Crippen molar-refractivity contribution in [2.24, 2.45) is 5.92 Å². The Morgan fingerprint density at radius 1 is 1.18 bits per heavy atom. The molecule has 1 aliphatic heterocycles. The van der Waals surface area contributed by atoms with Gasteiger partial charge in [-0.15, -0.1) is 0 Å². The van der Waals surface area contributed by atoms with E-state index in [-0.39, 0.29) is 5.92 Å². The van der Waals surface area contributed by atoms with Crippen molar-refractivity contribution in [1.29, 1.82) is 0 Å². The van der Waals surface area contributed by atoms with E-state index in [1.165, 1.54) is 5.56 Å². The Morgan fingerprint density at radius 2 is 1.91 bits per heavy atom. The first-order valence-electron chi connectivity index (χ1n) is 8.05. The van der Waals surface area contributed by atoms with Crippen molar-refractivity contribution in [2.45, 2.75) is 19.4 Å². The minimum Gasteiger partial charge on any atom is -0.497 e. The van der Waals surface area contributed by atoms with Gasteiger partial charge in [0.25, 0.3) is 0 Å². The van der Waals surface area contributed by atoms with Crippen LogP contribution < -0.4 is 4.74 Å². The van der Waals surface area contributed by atoms with Gasteiger partial charge in [0, 0.05) is 38.6 Å². The number of amides is 1. The van der Waals surface area contributed by atoms with E-state index < -0.39 is 0 Å². The number of ether oxygens (including phenoxy) is 1. The summed E-state index contributed by atoms with van der Waals surface area (Å²) >= 11 is 0. The molecule has 3 rings (SSSR count). The number of hydrogen-bond acceptors (Lipinski definition) is 3. The first-order valence-corrected chi connectivity index (χ1v) is 8.05. The zero-order valence-corrected chi connectivity index (χ0v) is 13.2. The van der Waals surface area contributed by atoms with Gasteiger partial charge >= 0.3 is 0 Å². The second-order valence-electron chi connectivity index (χ2n) is 6.09. The third kappa shape index (κ3) is 3.50. The average molecular weight is 300 g/mol. The summed E-state index contributed by atoms with van der Waals surface area (Å²) < 4.78 is 5.27. The Hall–Kier alpha value is -1.81. The Morgan fingerprint density at radius 3 is 2.59 bits per heavy atom. The summed E-state index contributed by atoms with van der Waals surface area (Å²) in [6.45, 7) is 4.51. The predicted octanol–water partition coefficient (Wildman–Crippen LogP) is 2.31. The Kier molecular flexibility index (Phi) is 4.78. The van der Waals surface area contributed by atoms with Gasteiger partial charge in [-0.1, -0.05) is 24.3 Å². The SMILES string of the molecule is COc1cccc(CN2CCN(C(=O)C3CC=CC3)CC2)c1. The molecular weight excluding hydrogens is 276 g/mol. The lowest BCUT2D eigenvalue weighted by Gasteiger charge is -2.36. The lowest BCUT2D eigenvalue weighted by molar-refractivity contribution is -0.137. The van der Waals surface area contributed by atoms with Gasteiger partial charge in [-0.3, -0.25) is 9.69 Å². The number of carbonyl (C=O) groups excluding carboxylic acids is 1. The van der Waals surface area contributed by atoms with Crippen LogP contribution in [0, 0.1) is 5.92 Å². The van der Waals surface area contributed by atoms with Crippen LogP contribution in [0.4, 0.5) is 0 Å². The highest BCUT2D eigenvalue weighted by Crippen LogP contribution is 2.21. The van der Waals surface area contributed by atoms with Crippen molar-refractivity contribution in [3.63, 3.8) is 0 Å². The molecule has 1 amide bonds. The van der Waals surface area contributed by atoms with Crippen LogP contribution in [0.5, 0.6) is 5.75 Å². The Bertz CT molecular complexity index is 540. The van der Waals surface area contributed by atoms with Crippen LogP contribution in [0.2, 0.25) is 0 Å². The summed E-state index contributed by atoms with van der Waals surface area (Å²) in [7, 11) is 1.70. The zero-order valence-electron chi connectivity index (χ0n) is 13.2. The van der Waals surface area contributed by atoms with E-state index in [9.17, 15) is 4.79 Å². The van der Waals surface area contributed by atoms with E-state index in [0.717, 1.165) is 51.3 Å². The maximum Gasteiger partial charge on any atom is 0.226 e. The maximum absolute atomic E-state index is 12.4. The van der Waals surface area contributed by atoms with Crippen molar-refractivity contribution in [3.05, 3.63) is 42.0 Å². The number of benzene rings is 1. The lowest BCUT2D eigenvalue weighted by atomic mass is 10.1. The standard InChI is InChI=1S/C18H24N2O2/c1-22-17-8-4-5-15(13-17)14-19-9-11-20(12-10-19)18(21)16-6-2-3-7-16/h2-5,8,13,16H,6-7,9-12,14H2,1H3. The molecule has 4 nitrogen and oxygen atoms in total. The fourth-order valence-electron chi connectivity index (χ4n) is 3.23. The van der Waals surface area contributed by atoms with Gasteiger partial charge in [-0.05, 0) is 30.5 Å². The zero-order chi connectivity index (χ0) is 15.4. The summed E-state index contributed by atoms with van der Waals surface area (Å²) in [6.07, 6.45) is 6.09. The van der Waals surface area contributed by atoms with E-state index in [4.69, 9.17) is 4.74 Å². The monoisotopic (exact) mass is 300 g/mol. The number of hydrogen-bond donors (Lipinski definition) is 0. The van der Waals surface area contributed by atoms with E-state index in [1.807, 2.05) is 17.0 Å². The molecule has 1 saturated heterocycles. The number of piperazine rings is 1. The van der Waals surface area contributed by atoms with E-state index in [2.05, 4.69) is 29.2 Å². The highest BCUT2D eigenvalue weighted by molar-refractivity contribution is 5.79. The molecule has 0 N–H and O–H groups in total. The number of nitrogens with zero attached hydrogens (tertiary/aromatic N) is 2. The molecule has 0 aromatic heterocycles. The third-order valence-corrected chi connectivity index (χ3v) is 4.58. The van der Waals surface area contributed by atoms with Crippen LogP contribution in [0.3, 0.4) is 0 Å². The molecular formula is C18H24N2O2. The van der Waals surface area contributed by atoms with Crippen molar-refractivity contribution in [2.75, 3.05) is 33.3 Å². The van der Waals surface area contributed by atoms with E-state index in [0.29, 0.717) is 5.91 Å². The van der Waals surface area contributed by atoms with Crippen LogP contribution in [0.1, 0.15) is 18.4 Å². The fourth-order valence-corrected chi connectivity index (χ4v) is 3.23. The molecule has 0 atom stereocenters. The molecule has 1 aromatic rings. The van der Waals surface area contributed by atoms with Crippen molar-refractivity contribution in [1.82, 2.24) is 9.80 Å². The molecule has 1 aliphatic carbocycles. The van der Waals surface area contributed by atoms with Gasteiger partial charge in [-0.2, -0.15) is 0 Å². The second kappa shape index (κ2) is 6.97. The Labute approximate surface area is 132 Å². The van der Waals surface area contributed by atoms with Crippen LogP contribution >= 0.6 is 0 Å². The van der Waals surface area contributed by atoms with Crippen molar-refractivity contribution in [3.8, 4) is 5.75 Å². The van der Waals surface area contributed by atoms with Crippen molar-refractivity contribution < 1.29 is 9.53 Å². The second-order valence-corrected chi connectivity index (χ2v) is 6.09. The number of rotatable bonds is 4. The largest absolute Gasteiger partial charge is 0.497 e. The van der Waals surface area contributed by atoms with Gasteiger partial charge in [0.1, 0.15) is 5.75 Å². The molecule has 1 heterocycles. The van der Waals surface area contributed by atoms with Gasteiger partial charge in [0.05, 0.1) is 7.11 Å². The molecule has 1 aromatic carbocycles.